The molecule has 0 saturated carbocycles. The summed E-state index contributed by atoms with van der Waals surface area (Å²) < 4.78 is 7.48. The lowest BCUT2D eigenvalue weighted by Crippen LogP contribution is -2.42. The Balaban J connectivity index is 2.20. The van der Waals surface area contributed by atoms with E-state index in [2.05, 4.69) is 12.0 Å². The van der Waals surface area contributed by atoms with E-state index in [1.807, 2.05) is 6.92 Å². The molecule has 0 aliphatic carbocycles. The van der Waals surface area contributed by atoms with Crippen LogP contribution in [-0.4, -0.2) is 27.8 Å². The van der Waals surface area contributed by atoms with E-state index in [1.54, 1.807) is 16.9 Å². The van der Waals surface area contributed by atoms with Gasteiger partial charge in [0.1, 0.15) is 11.3 Å². The van der Waals surface area contributed by atoms with Crippen LogP contribution in [0.25, 0.3) is 0 Å². The smallest absolute Gasteiger partial charge is 0.212 e. The normalized spacial score (nSPS) is 24.8. The van der Waals surface area contributed by atoms with Crippen LogP contribution in [0, 0.1) is 0 Å². The van der Waals surface area contributed by atoms with Crippen LogP contribution in [0.4, 0.5) is 0 Å². The zero-order valence-electron chi connectivity index (χ0n) is 10.6. The van der Waals surface area contributed by atoms with Gasteiger partial charge in [0.15, 0.2) is 0 Å². The van der Waals surface area contributed by atoms with E-state index >= 15 is 0 Å². The fraction of sp³-hybridized carbons (Fsp3) is 0.692. The van der Waals surface area contributed by atoms with Crippen LogP contribution >= 0.6 is 0 Å². The van der Waals surface area contributed by atoms with Gasteiger partial charge in [-0.3, -0.25) is 9.48 Å². The molecule has 1 fully saturated rings. The van der Waals surface area contributed by atoms with Crippen molar-refractivity contribution >= 4 is 5.78 Å². The van der Waals surface area contributed by atoms with Gasteiger partial charge >= 0.3 is 0 Å². The second kappa shape index (κ2) is 5.00. The van der Waals surface area contributed by atoms with Crippen LogP contribution in [0.2, 0.25) is 0 Å². The molecule has 2 heterocycles. The Labute approximate surface area is 102 Å². The van der Waals surface area contributed by atoms with Crippen molar-refractivity contribution in [3.63, 3.8) is 0 Å². The molecule has 0 N–H and O–H groups in total. The number of hydrogen-bond donors (Lipinski definition) is 0. The monoisotopic (exact) mass is 236 g/mol. The van der Waals surface area contributed by atoms with Crippen molar-refractivity contribution in [3.8, 4) is 0 Å². The maximum absolute atomic E-state index is 12.5. The predicted molar refractivity (Wildman–Crippen MR) is 65.1 cm³/mol. The van der Waals surface area contributed by atoms with Crippen LogP contribution in [0.5, 0.6) is 0 Å². The second-order valence-corrected chi connectivity index (χ2v) is 4.81. The lowest BCUT2D eigenvalue weighted by atomic mass is 9.90. The molecule has 17 heavy (non-hydrogen) atoms. The number of hydrogen-bond acceptors (Lipinski definition) is 3. The number of ketones is 1. The van der Waals surface area contributed by atoms with E-state index in [0.717, 1.165) is 32.2 Å². The molecule has 1 aliphatic rings. The number of ether oxygens (including phenoxy) is 1. The Morgan fingerprint density at radius 1 is 1.59 bits per heavy atom. The van der Waals surface area contributed by atoms with Crippen LogP contribution in [0.1, 0.15) is 50.0 Å². The molecule has 1 aromatic heterocycles. The first-order valence-electron chi connectivity index (χ1n) is 6.38. The summed E-state index contributed by atoms with van der Waals surface area (Å²) in [7, 11) is 0. The van der Waals surface area contributed by atoms with Gasteiger partial charge < -0.3 is 4.74 Å². The second-order valence-electron chi connectivity index (χ2n) is 4.81. The van der Waals surface area contributed by atoms with E-state index in [9.17, 15) is 4.79 Å². The van der Waals surface area contributed by atoms with E-state index in [0.29, 0.717) is 12.3 Å². The number of carbonyl (C=O) groups excluding carboxylic acids is 1. The molecule has 0 bridgehead atoms. The molecule has 1 saturated heterocycles. The third kappa shape index (κ3) is 2.41. The van der Waals surface area contributed by atoms with Gasteiger partial charge in [-0.15, -0.1) is 0 Å². The van der Waals surface area contributed by atoms with E-state index < -0.39 is 5.60 Å². The highest BCUT2D eigenvalue weighted by Gasteiger charge is 2.37. The number of carbonyl (C=O) groups is 1. The summed E-state index contributed by atoms with van der Waals surface area (Å²) in [5.74, 6) is 0.0724. The van der Waals surface area contributed by atoms with Gasteiger partial charge in [0.2, 0.25) is 5.78 Å². The molecule has 0 aromatic carbocycles. The highest BCUT2D eigenvalue weighted by atomic mass is 16.5. The SMILES string of the molecule is CCCn1nccc1C(=O)C1(C)CCCCO1. The average Bonchev–Trinajstić information content (AvgIpc) is 2.78. The molecule has 1 aliphatic heterocycles. The van der Waals surface area contributed by atoms with Crippen molar-refractivity contribution in [1.29, 1.82) is 0 Å². The van der Waals surface area contributed by atoms with Crippen molar-refractivity contribution in [2.24, 2.45) is 0 Å². The minimum Gasteiger partial charge on any atom is -0.367 e. The molecule has 4 nitrogen and oxygen atoms in total. The van der Waals surface area contributed by atoms with E-state index in [4.69, 9.17) is 4.74 Å². The Morgan fingerprint density at radius 2 is 2.41 bits per heavy atom. The topological polar surface area (TPSA) is 44.1 Å². The minimum absolute atomic E-state index is 0.0724. The molecule has 2 rings (SSSR count). The van der Waals surface area contributed by atoms with Crippen molar-refractivity contribution < 1.29 is 9.53 Å². The average molecular weight is 236 g/mol. The number of aryl methyl sites for hydroxylation is 1. The van der Waals surface area contributed by atoms with Gasteiger partial charge in [0.05, 0.1) is 0 Å². The molecule has 1 atom stereocenters. The third-order valence-electron chi connectivity index (χ3n) is 3.33. The molecule has 0 spiro atoms. The van der Waals surface area contributed by atoms with Crippen LogP contribution in [-0.2, 0) is 11.3 Å². The van der Waals surface area contributed by atoms with Crippen LogP contribution < -0.4 is 0 Å². The molecular weight excluding hydrogens is 216 g/mol. The summed E-state index contributed by atoms with van der Waals surface area (Å²) >= 11 is 0. The first kappa shape index (κ1) is 12.3. The van der Waals surface area contributed by atoms with Crippen LogP contribution in [0.3, 0.4) is 0 Å². The fourth-order valence-electron chi connectivity index (χ4n) is 2.30. The summed E-state index contributed by atoms with van der Waals surface area (Å²) in [5, 5.41) is 4.19. The number of aromatic nitrogens is 2. The molecule has 94 valence electrons. The lowest BCUT2D eigenvalue weighted by Gasteiger charge is -2.32. The molecule has 1 aromatic rings. The third-order valence-corrected chi connectivity index (χ3v) is 3.33. The van der Waals surface area contributed by atoms with E-state index in [-0.39, 0.29) is 5.78 Å². The van der Waals surface area contributed by atoms with Crippen molar-refractivity contribution in [1.82, 2.24) is 9.78 Å². The first-order chi connectivity index (χ1) is 8.17. The molecule has 0 radical (unpaired) electrons. The zero-order valence-corrected chi connectivity index (χ0v) is 10.6. The van der Waals surface area contributed by atoms with Crippen molar-refractivity contribution in [3.05, 3.63) is 18.0 Å². The predicted octanol–water partition coefficient (Wildman–Crippen LogP) is 2.44. The molecule has 4 heteroatoms. The summed E-state index contributed by atoms with van der Waals surface area (Å²) in [5.41, 5.74) is 0.0281. The van der Waals surface area contributed by atoms with Gasteiger partial charge in [0.25, 0.3) is 0 Å². The van der Waals surface area contributed by atoms with Gasteiger partial charge in [-0.25, -0.2) is 0 Å². The van der Waals surface area contributed by atoms with Gasteiger partial charge in [-0.2, -0.15) is 5.10 Å². The Bertz CT molecular complexity index is 392. The quantitative estimate of drug-likeness (QED) is 0.754. The number of nitrogens with zero attached hydrogens (tertiary/aromatic N) is 2. The van der Waals surface area contributed by atoms with Gasteiger partial charge in [-0.05, 0) is 38.7 Å². The maximum atomic E-state index is 12.5. The number of rotatable bonds is 4. The molecule has 0 amide bonds. The van der Waals surface area contributed by atoms with Gasteiger partial charge in [-0.1, -0.05) is 6.92 Å². The number of Topliss-reactive ketones (excluding diaryl/α,β-unsaturated/α-hetero) is 1. The summed E-state index contributed by atoms with van der Waals surface area (Å²) in [6.45, 7) is 5.45. The Hall–Kier alpha value is -1.16. The van der Waals surface area contributed by atoms with Gasteiger partial charge in [0, 0.05) is 19.3 Å². The standard InChI is InChI=1S/C13H20N2O2/c1-3-9-15-11(6-8-14-15)12(16)13(2)7-4-5-10-17-13/h6,8H,3-5,7,9-10H2,1-2H3. The fourth-order valence-corrected chi connectivity index (χ4v) is 2.30. The zero-order chi connectivity index (χ0) is 12.3. The molecular formula is C13H20N2O2. The first-order valence-corrected chi connectivity index (χ1v) is 6.38. The summed E-state index contributed by atoms with van der Waals surface area (Å²) in [6.07, 6.45) is 5.58. The summed E-state index contributed by atoms with van der Waals surface area (Å²) in [6, 6.07) is 1.79. The Kier molecular flexibility index (Phi) is 3.62. The highest BCUT2D eigenvalue weighted by molar-refractivity contribution is 6.00. The Morgan fingerprint density at radius 3 is 3.06 bits per heavy atom. The highest BCUT2D eigenvalue weighted by Crippen LogP contribution is 2.28. The minimum atomic E-state index is -0.649. The molecule has 1 unspecified atom stereocenters. The van der Waals surface area contributed by atoms with Crippen molar-refractivity contribution in [2.45, 2.75) is 51.7 Å². The van der Waals surface area contributed by atoms with Crippen molar-refractivity contribution in [2.75, 3.05) is 6.61 Å². The largest absolute Gasteiger partial charge is 0.367 e. The lowest BCUT2D eigenvalue weighted by molar-refractivity contribution is -0.0432. The van der Waals surface area contributed by atoms with E-state index in [1.165, 1.54) is 0 Å². The summed E-state index contributed by atoms with van der Waals surface area (Å²) in [4.78, 5) is 12.5. The van der Waals surface area contributed by atoms with Crippen LogP contribution in [0.15, 0.2) is 12.3 Å². The maximum Gasteiger partial charge on any atom is 0.212 e.